The molecule has 0 atom stereocenters. The van der Waals surface area contributed by atoms with E-state index < -0.39 is 5.91 Å². The summed E-state index contributed by atoms with van der Waals surface area (Å²) in [6, 6.07) is 16.4. The first-order valence-corrected chi connectivity index (χ1v) is 7.48. The second-order valence-corrected chi connectivity index (χ2v) is 5.11. The molecule has 120 valence electrons. The molecular formula is C18H20N2O3. The Morgan fingerprint density at radius 2 is 1.83 bits per heavy atom. The summed E-state index contributed by atoms with van der Waals surface area (Å²) in [4.78, 5) is 22.9. The first-order valence-electron chi connectivity index (χ1n) is 7.48. The van der Waals surface area contributed by atoms with Crippen molar-refractivity contribution in [1.29, 1.82) is 0 Å². The highest BCUT2D eigenvalue weighted by Gasteiger charge is 2.04. The molecule has 2 aromatic rings. The van der Waals surface area contributed by atoms with Crippen LogP contribution < -0.4 is 15.8 Å². The molecule has 0 radical (unpaired) electrons. The summed E-state index contributed by atoms with van der Waals surface area (Å²) in [5.74, 6) is 0.276. The lowest BCUT2D eigenvalue weighted by atomic mass is 10.1. The number of carbonyl (C=O) groups is 2. The van der Waals surface area contributed by atoms with Gasteiger partial charge in [0.1, 0.15) is 5.75 Å². The molecule has 0 saturated carbocycles. The first-order chi connectivity index (χ1) is 11.1. The van der Waals surface area contributed by atoms with Gasteiger partial charge in [0.05, 0.1) is 6.61 Å². The van der Waals surface area contributed by atoms with Crippen molar-refractivity contribution >= 4 is 11.8 Å². The van der Waals surface area contributed by atoms with Crippen molar-refractivity contribution in [2.75, 3.05) is 6.61 Å². The summed E-state index contributed by atoms with van der Waals surface area (Å²) in [6.45, 7) is 0.869. The summed E-state index contributed by atoms with van der Waals surface area (Å²) in [6.07, 6.45) is 1.03. The number of hydrogen-bond donors (Lipinski definition) is 2. The van der Waals surface area contributed by atoms with E-state index in [1.165, 1.54) is 0 Å². The number of benzene rings is 2. The molecule has 0 aliphatic rings. The summed E-state index contributed by atoms with van der Waals surface area (Å²) in [5, 5.41) is 2.82. The van der Waals surface area contributed by atoms with E-state index in [2.05, 4.69) is 5.32 Å². The molecule has 2 amide bonds. The minimum Gasteiger partial charge on any atom is -0.494 e. The highest BCUT2D eigenvalue weighted by Crippen LogP contribution is 2.09. The minimum absolute atomic E-state index is 0.0499. The topological polar surface area (TPSA) is 81.4 Å². The molecule has 2 aromatic carbocycles. The fourth-order valence-corrected chi connectivity index (χ4v) is 2.06. The molecule has 5 heteroatoms. The number of para-hydroxylation sites is 1. The van der Waals surface area contributed by atoms with Gasteiger partial charge in [-0.15, -0.1) is 0 Å². The van der Waals surface area contributed by atoms with Gasteiger partial charge in [-0.25, -0.2) is 0 Å². The molecule has 0 saturated heterocycles. The predicted molar refractivity (Wildman–Crippen MR) is 88.0 cm³/mol. The molecule has 0 aliphatic carbocycles. The van der Waals surface area contributed by atoms with E-state index >= 15 is 0 Å². The van der Waals surface area contributed by atoms with Crippen LogP contribution in [0.4, 0.5) is 0 Å². The second kappa shape index (κ2) is 8.58. The van der Waals surface area contributed by atoms with Gasteiger partial charge in [-0.3, -0.25) is 9.59 Å². The minimum atomic E-state index is -0.476. The van der Waals surface area contributed by atoms with E-state index in [4.69, 9.17) is 10.5 Å². The van der Waals surface area contributed by atoms with Crippen LogP contribution >= 0.6 is 0 Å². The monoisotopic (exact) mass is 312 g/mol. The van der Waals surface area contributed by atoms with Crippen LogP contribution in [-0.2, 0) is 11.3 Å². The average Bonchev–Trinajstić information content (AvgIpc) is 2.58. The van der Waals surface area contributed by atoms with Gasteiger partial charge in [-0.2, -0.15) is 0 Å². The Bertz CT molecular complexity index is 656. The number of carbonyl (C=O) groups excluding carboxylic acids is 2. The number of hydrogen-bond acceptors (Lipinski definition) is 3. The van der Waals surface area contributed by atoms with Crippen LogP contribution in [0.1, 0.15) is 28.8 Å². The standard InChI is InChI=1S/C18H20N2O3/c19-18(22)15-7-4-6-14(12-15)13-20-17(21)10-5-11-23-16-8-2-1-3-9-16/h1-4,6-9,12H,5,10-11,13H2,(H2,19,22)(H,20,21). The van der Waals surface area contributed by atoms with Crippen LogP contribution in [0.2, 0.25) is 0 Å². The lowest BCUT2D eigenvalue weighted by Crippen LogP contribution is -2.23. The number of nitrogens with one attached hydrogen (secondary N) is 1. The number of rotatable bonds is 8. The van der Waals surface area contributed by atoms with Crippen molar-refractivity contribution in [1.82, 2.24) is 5.32 Å². The molecule has 0 fully saturated rings. The normalized spacial score (nSPS) is 10.1. The average molecular weight is 312 g/mol. The van der Waals surface area contributed by atoms with Crippen molar-refractivity contribution in [2.45, 2.75) is 19.4 Å². The summed E-state index contributed by atoms with van der Waals surface area (Å²) in [7, 11) is 0. The zero-order valence-corrected chi connectivity index (χ0v) is 12.8. The van der Waals surface area contributed by atoms with Crippen molar-refractivity contribution in [3.63, 3.8) is 0 Å². The molecule has 0 aliphatic heterocycles. The molecule has 0 aromatic heterocycles. The zero-order valence-electron chi connectivity index (χ0n) is 12.8. The van der Waals surface area contributed by atoms with Gasteiger partial charge in [-0.05, 0) is 36.2 Å². The van der Waals surface area contributed by atoms with Crippen LogP contribution in [0.5, 0.6) is 5.75 Å². The molecule has 0 bridgehead atoms. The van der Waals surface area contributed by atoms with Gasteiger partial charge < -0.3 is 15.8 Å². The summed E-state index contributed by atoms with van der Waals surface area (Å²) >= 11 is 0. The van der Waals surface area contributed by atoms with Gasteiger partial charge >= 0.3 is 0 Å². The first kappa shape index (κ1) is 16.5. The number of ether oxygens (including phenoxy) is 1. The number of nitrogens with two attached hydrogens (primary N) is 1. The lowest BCUT2D eigenvalue weighted by Gasteiger charge is -2.07. The predicted octanol–water partition coefficient (Wildman–Crippen LogP) is 2.26. The van der Waals surface area contributed by atoms with E-state index in [1.54, 1.807) is 18.2 Å². The third kappa shape index (κ3) is 5.82. The van der Waals surface area contributed by atoms with Crippen LogP contribution in [0.25, 0.3) is 0 Å². The fraction of sp³-hybridized carbons (Fsp3) is 0.222. The molecule has 2 rings (SSSR count). The van der Waals surface area contributed by atoms with E-state index in [-0.39, 0.29) is 5.91 Å². The fourth-order valence-electron chi connectivity index (χ4n) is 2.06. The molecule has 23 heavy (non-hydrogen) atoms. The number of primary amides is 1. The quantitative estimate of drug-likeness (QED) is 0.734. The molecule has 0 unspecified atom stereocenters. The van der Waals surface area contributed by atoms with Crippen LogP contribution in [0, 0.1) is 0 Å². The van der Waals surface area contributed by atoms with E-state index in [9.17, 15) is 9.59 Å². The van der Waals surface area contributed by atoms with Crippen LogP contribution in [-0.4, -0.2) is 18.4 Å². The molecule has 3 N–H and O–H groups in total. The smallest absolute Gasteiger partial charge is 0.248 e. The molecular weight excluding hydrogens is 292 g/mol. The van der Waals surface area contributed by atoms with Gasteiger partial charge in [-0.1, -0.05) is 30.3 Å². The lowest BCUT2D eigenvalue weighted by molar-refractivity contribution is -0.121. The maximum atomic E-state index is 11.8. The Hall–Kier alpha value is -2.82. The highest BCUT2D eigenvalue weighted by molar-refractivity contribution is 5.92. The SMILES string of the molecule is NC(=O)c1cccc(CNC(=O)CCCOc2ccccc2)c1. The van der Waals surface area contributed by atoms with E-state index in [0.29, 0.717) is 31.6 Å². The third-order valence-electron chi connectivity index (χ3n) is 3.26. The van der Waals surface area contributed by atoms with Crippen LogP contribution in [0.15, 0.2) is 54.6 Å². The summed E-state index contributed by atoms with van der Waals surface area (Å²) < 4.78 is 5.53. The Morgan fingerprint density at radius 1 is 1.04 bits per heavy atom. The van der Waals surface area contributed by atoms with Crippen LogP contribution in [0.3, 0.4) is 0 Å². The maximum absolute atomic E-state index is 11.8. The van der Waals surface area contributed by atoms with Crippen molar-refractivity contribution in [2.24, 2.45) is 5.73 Å². The molecule has 5 nitrogen and oxygen atoms in total. The van der Waals surface area contributed by atoms with Crippen molar-refractivity contribution in [3.8, 4) is 5.75 Å². The molecule has 0 heterocycles. The Morgan fingerprint density at radius 3 is 2.57 bits per heavy atom. The van der Waals surface area contributed by atoms with Gasteiger partial charge in [0.25, 0.3) is 0 Å². The maximum Gasteiger partial charge on any atom is 0.248 e. The largest absolute Gasteiger partial charge is 0.494 e. The second-order valence-electron chi connectivity index (χ2n) is 5.11. The number of amides is 2. The van der Waals surface area contributed by atoms with Gasteiger partial charge in [0, 0.05) is 18.5 Å². The Labute approximate surface area is 135 Å². The van der Waals surface area contributed by atoms with E-state index in [0.717, 1.165) is 11.3 Å². The van der Waals surface area contributed by atoms with Crippen molar-refractivity contribution < 1.29 is 14.3 Å². The third-order valence-corrected chi connectivity index (χ3v) is 3.26. The summed E-state index contributed by atoms with van der Waals surface area (Å²) in [5.41, 5.74) is 6.51. The van der Waals surface area contributed by atoms with Gasteiger partial charge in [0.2, 0.25) is 11.8 Å². The Kier molecular flexibility index (Phi) is 6.17. The zero-order chi connectivity index (χ0) is 16.5. The highest BCUT2D eigenvalue weighted by atomic mass is 16.5. The Balaban J connectivity index is 1.67. The van der Waals surface area contributed by atoms with Crippen molar-refractivity contribution in [3.05, 3.63) is 65.7 Å². The van der Waals surface area contributed by atoms with E-state index in [1.807, 2.05) is 36.4 Å². The van der Waals surface area contributed by atoms with Gasteiger partial charge in [0.15, 0.2) is 0 Å². The molecule has 0 spiro atoms.